The average molecular weight is 424 g/mol. The van der Waals surface area contributed by atoms with Crippen molar-refractivity contribution in [2.45, 2.75) is 13.0 Å². The van der Waals surface area contributed by atoms with Crippen LogP contribution in [0.5, 0.6) is 11.5 Å². The smallest absolute Gasteiger partial charge is 0.295 e. The van der Waals surface area contributed by atoms with Gasteiger partial charge < -0.3 is 24.4 Å². The largest absolute Gasteiger partial charge is 0.507 e. The van der Waals surface area contributed by atoms with Crippen molar-refractivity contribution in [2.75, 3.05) is 41.4 Å². The zero-order chi connectivity index (χ0) is 22.7. The number of likely N-dealkylation sites (tertiary alicyclic amines) is 1. The van der Waals surface area contributed by atoms with Crippen molar-refractivity contribution < 1.29 is 24.2 Å². The molecule has 1 saturated heterocycles. The second kappa shape index (κ2) is 9.22. The minimum absolute atomic E-state index is 0.0409. The zero-order valence-corrected chi connectivity index (χ0v) is 18.5. The number of aryl methyl sites for hydroxylation is 1. The van der Waals surface area contributed by atoms with Gasteiger partial charge in [-0.2, -0.15) is 0 Å². The number of aliphatic hydroxyl groups excluding tert-OH is 1. The number of ether oxygens (including phenoxy) is 2. The monoisotopic (exact) mass is 424 g/mol. The van der Waals surface area contributed by atoms with Gasteiger partial charge in [-0.05, 0) is 39.2 Å². The fourth-order valence-corrected chi connectivity index (χ4v) is 3.66. The highest BCUT2D eigenvalue weighted by Crippen LogP contribution is 2.43. The van der Waals surface area contributed by atoms with E-state index in [4.69, 9.17) is 9.47 Å². The van der Waals surface area contributed by atoms with Gasteiger partial charge in [0.15, 0.2) is 0 Å². The summed E-state index contributed by atoms with van der Waals surface area (Å²) in [4.78, 5) is 29.5. The first-order valence-corrected chi connectivity index (χ1v) is 10.0. The van der Waals surface area contributed by atoms with Crippen LogP contribution >= 0.6 is 0 Å². The van der Waals surface area contributed by atoms with E-state index in [1.807, 2.05) is 38.1 Å². The van der Waals surface area contributed by atoms with Crippen molar-refractivity contribution in [3.8, 4) is 11.5 Å². The molecule has 1 N–H and O–H groups in total. The van der Waals surface area contributed by atoms with Gasteiger partial charge in [0.2, 0.25) is 0 Å². The van der Waals surface area contributed by atoms with Gasteiger partial charge in [-0.15, -0.1) is 0 Å². The first kappa shape index (κ1) is 22.4. The van der Waals surface area contributed by atoms with Crippen LogP contribution in [0.25, 0.3) is 5.76 Å². The molecule has 7 heteroatoms. The maximum absolute atomic E-state index is 13.1. The number of carbonyl (C=O) groups excluding carboxylic acids is 2. The standard InChI is InChI=1S/C24H28N2O5/c1-15-6-8-16(9-7-15)22(27)20-21(18-14-17(30-4)10-11-19(18)31-5)26(13-12-25(2)3)24(29)23(20)28/h6-11,14,21,27H,12-13H2,1-5H3/t21-/m0/s1. The number of benzene rings is 2. The molecule has 1 aliphatic rings. The molecule has 0 unspecified atom stereocenters. The highest BCUT2D eigenvalue weighted by Gasteiger charge is 2.47. The van der Waals surface area contributed by atoms with E-state index in [2.05, 4.69) is 0 Å². The third-order valence-corrected chi connectivity index (χ3v) is 5.38. The van der Waals surface area contributed by atoms with E-state index in [9.17, 15) is 14.7 Å². The SMILES string of the molecule is COc1ccc(OC)c([C@H]2C(=C(O)c3ccc(C)cc3)C(=O)C(=O)N2CCN(C)C)c1. The summed E-state index contributed by atoms with van der Waals surface area (Å²) in [5, 5.41) is 11.1. The summed E-state index contributed by atoms with van der Waals surface area (Å²) in [7, 11) is 6.85. The number of likely N-dealkylation sites (N-methyl/N-ethyl adjacent to an activating group) is 1. The number of ketones is 1. The molecule has 0 saturated carbocycles. The number of Topliss-reactive ketones (excluding diaryl/α,β-unsaturated/α-hetero) is 1. The number of hydrogen-bond donors (Lipinski definition) is 1. The Morgan fingerprint density at radius 2 is 1.74 bits per heavy atom. The van der Waals surface area contributed by atoms with Crippen LogP contribution < -0.4 is 9.47 Å². The molecule has 1 heterocycles. The lowest BCUT2D eigenvalue weighted by Gasteiger charge is -2.28. The van der Waals surface area contributed by atoms with Crippen molar-refractivity contribution in [3.05, 3.63) is 64.7 Å². The van der Waals surface area contributed by atoms with E-state index in [1.54, 1.807) is 37.4 Å². The third-order valence-electron chi connectivity index (χ3n) is 5.38. The molecule has 2 aromatic rings. The number of carbonyl (C=O) groups is 2. The normalized spacial score (nSPS) is 18.0. The number of rotatable bonds is 7. The molecule has 164 valence electrons. The predicted octanol–water partition coefficient (Wildman–Crippen LogP) is 3.00. The lowest BCUT2D eigenvalue weighted by atomic mass is 9.94. The molecule has 2 aromatic carbocycles. The summed E-state index contributed by atoms with van der Waals surface area (Å²) in [5.41, 5.74) is 2.12. The molecule has 0 radical (unpaired) electrons. The molecular formula is C24H28N2O5. The average Bonchev–Trinajstić information content (AvgIpc) is 3.01. The summed E-state index contributed by atoms with van der Waals surface area (Å²) >= 11 is 0. The van der Waals surface area contributed by atoms with Crippen molar-refractivity contribution in [1.29, 1.82) is 0 Å². The number of hydrogen-bond acceptors (Lipinski definition) is 6. The second-order valence-corrected chi connectivity index (χ2v) is 7.77. The summed E-state index contributed by atoms with van der Waals surface area (Å²) in [6.07, 6.45) is 0. The molecule has 1 fully saturated rings. The maximum atomic E-state index is 13.1. The van der Waals surface area contributed by atoms with Gasteiger partial charge in [0.05, 0.1) is 25.8 Å². The number of aliphatic hydroxyl groups is 1. The molecular weight excluding hydrogens is 396 g/mol. The van der Waals surface area contributed by atoms with Crippen LogP contribution in [0.4, 0.5) is 0 Å². The Balaban J connectivity index is 2.23. The van der Waals surface area contributed by atoms with Gasteiger partial charge in [-0.3, -0.25) is 9.59 Å². The molecule has 7 nitrogen and oxygen atoms in total. The maximum Gasteiger partial charge on any atom is 0.295 e. The van der Waals surface area contributed by atoms with Crippen molar-refractivity contribution in [3.63, 3.8) is 0 Å². The summed E-state index contributed by atoms with van der Waals surface area (Å²) in [6, 6.07) is 11.6. The Morgan fingerprint density at radius 3 is 2.32 bits per heavy atom. The quantitative estimate of drug-likeness (QED) is 0.418. The molecule has 1 atom stereocenters. The second-order valence-electron chi connectivity index (χ2n) is 7.77. The van der Waals surface area contributed by atoms with Crippen LogP contribution in [-0.2, 0) is 9.59 Å². The van der Waals surface area contributed by atoms with E-state index in [-0.39, 0.29) is 11.3 Å². The van der Waals surface area contributed by atoms with Gasteiger partial charge in [0.25, 0.3) is 11.7 Å². The van der Waals surface area contributed by atoms with E-state index in [0.29, 0.717) is 35.7 Å². The van der Waals surface area contributed by atoms with Crippen LogP contribution in [0.3, 0.4) is 0 Å². The highest BCUT2D eigenvalue weighted by atomic mass is 16.5. The lowest BCUT2D eigenvalue weighted by Crippen LogP contribution is -2.35. The van der Waals surface area contributed by atoms with Gasteiger partial charge in [-0.25, -0.2) is 0 Å². The highest BCUT2D eigenvalue weighted by molar-refractivity contribution is 6.46. The van der Waals surface area contributed by atoms with E-state index < -0.39 is 17.7 Å². The molecule has 1 amide bonds. The van der Waals surface area contributed by atoms with E-state index >= 15 is 0 Å². The zero-order valence-electron chi connectivity index (χ0n) is 18.5. The van der Waals surface area contributed by atoms with Crippen molar-refractivity contribution in [1.82, 2.24) is 9.80 Å². The molecule has 0 aliphatic carbocycles. The number of amides is 1. The van der Waals surface area contributed by atoms with E-state index in [0.717, 1.165) is 5.56 Å². The molecule has 0 spiro atoms. The van der Waals surface area contributed by atoms with Crippen LogP contribution in [-0.4, -0.2) is 68.0 Å². The van der Waals surface area contributed by atoms with Crippen LogP contribution in [0.1, 0.15) is 22.7 Å². The number of methoxy groups -OCH3 is 2. The minimum Gasteiger partial charge on any atom is -0.507 e. The Morgan fingerprint density at radius 1 is 1.06 bits per heavy atom. The van der Waals surface area contributed by atoms with Gasteiger partial charge >= 0.3 is 0 Å². The van der Waals surface area contributed by atoms with Gasteiger partial charge in [0, 0.05) is 24.2 Å². The summed E-state index contributed by atoms with van der Waals surface area (Å²) in [6.45, 7) is 2.80. The third kappa shape index (κ3) is 4.41. The van der Waals surface area contributed by atoms with Gasteiger partial charge in [-0.1, -0.05) is 29.8 Å². The Hall–Kier alpha value is -3.32. The lowest BCUT2D eigenvalue weighted by molar-refractivity contribution is -0.140. The molecule has 3 rings (SSSR count). The van der Waals surface area contributed by atoms with E-state index in [1.165, 1.54) is 12.0 Å². The van der Waals surface area contributed by atoms with Crippen molar-refractivity contribution >= 4 is 17.4 Å². The Bertz CT molecular complexity index is 1010. The van der Waals surface area contributed by atoms with Crippen molar-refractivity contribution in [2.24, 2.45) is 0 Å². The minimum atomic E-state index is -0.800. The summed E-state index contributed by atoms with van der Waals surface area (Å²) < 4.78 is 10.9. The molecule has 1 aliphatic heterocycles. The molecule has 0 bridgehead atoms. The summed E-state index contributed by atoms with van der Waals surface area (Å²) in [5.74, 6) is -0.514. The topological polar surface area (TPSA) is 79.3 Å². The molecule has 0 aromatic heterocycles. The molecule has 31 heavy (non-hydrogen) atoms. The van der Waals surface area contributed by atoms with Crippen LogP contribution in [0.15, 0.2) is 48.0 Å². The van der Waals surface area contributed by atoms with Gasteiger partial charge in [0.1, 0.15) is 17.3 Å². The fourth-order valence-electron chi connectivity index (χ4n) is 3.66. The predicted molar refractivity (Wildman–Crippen MR) is 118 cm³/mol. The number of nitrogens with zero attached hydrogens (tertiary/aromatic N) is 2. The first-order valence-electron chi connectivity index (χ1n) is 10.0. The van der Waals surface area contributed by atoms with Crippen LogP contribution in [0.2, 0.25) is 0 Å². The Labute approximate surface area is 182 Å². The first-order chi connectivity index (χ1) is 14.8. The fraction of sp³-hybridized carbons (Fsp3) is 0.333. The van der Waals surface area contributed by atoms with Crippen LogP contribution in [0, 0.1) is 6.92 Å². The Kier molecular flexibility index (Phi) is 6.65.